The highest BCUT2D eigenvalue weighted by Gasteiger charge is 2.19. The van der Waals surface area contributed by atoms with E-state index in [2.05, 4.69) is 15.3 Å². The first-order chi connectivity index (χ1) is 9.90. The quantitative estimate of drug-likeness (QED) is 0.530. The number of aryl methyl sites for hydroxylation is 2. The minimum Gasteiger partial charge on any atom is -0.337 e. The largest absolute Gasteiger partial charge is 0.337 e. The van der Waals surface area contributed by atoms with Crippen molar-refractivity contribution in [3.63, 3.8) is 0 Å². The summed E-state index contributed by atoms with van der Waals surface area (Å²) in [6.45, 7) is 3.91. The van der Waals surface area contributed by atoms with Gasteiger partial charge in [0.25, 0.3) is 11.6 Å². The minimum atomic E-state index is -0.553. The van der Waals surface area contributed by atoms with E-state index in [1.54, 1.807) is 19.9 Å². The topological polar surface area (TPSA) is 103 Å². The van der Waals surface area contributed by atoms with Gasteiger partial charge >= 0.3 is 0 Å². The molecule has 0 unspecified atom stereocenters. The second-order valence-corrected chi connectivity index (χ2v) is 4.62. The molecule has 2 aromatic rings. The second-order valence-electron chi connectivity index (χ2n) is 4.24. The summed E-state index contributed by atoms with van der Waals surface area (Å²) in [5.74, 6) is -0.483. The van der Waals surface area contributed by atoms with Gasteiger partial charge in [-0.1, -0.05) is 11.6 Å². The number of hydrogen-bond acceptors (Lipinski definition) is 5. The fraction of sp³-hybridized carbons (Fsp3) is 0.250. The predicted molar refractivity (Wildman–Crippen MR) is 76.5 cm³/mol. The number of amides is 1. The van der Waals surface area contributed by atoms with E-state index in [4.69, 9.17) is 11.6 Å². The van der Waals surface area contributed by atoms with Gasteiger partial charge in [0, 0.05) is 18.3 Å². The van der Waals surface area contributed by atoms with Crippen molar-refractivity contribution in [3.05, 3.63) is 45.0 Å². The molecular formula is C12H12ClN5O3. The fourth-order valence-corrected chi connectivity index (χ4v) is 2.04. The molecule has 0 atom stereocenters. The number of halogens is 1. The van der Waals surface area contributed by atoms with Gasteiger partial charge in [-0.05, 0) is 19.9 Å². The van der Waals surface area contributed by atoms with Crippen LogP contribution in [0.15, 0.2) is 18.3 Å². The summed E-state index contributed by atoms with van der Waals surface area (Å²) in [5, 5.41) is 13.5. The van der Waals surface area contributed by atoms with E-state index >= 15 is 0 Å². The molecule has 2 heterocycles. The smallest absolute Gasteiger partial charge is 0.287 e. The van der Waals surface area contributed by atoms with Gasteiger partial charge in [0.05, 0.1) is 11.1 Å². The number of hydrogen-bond donors (Lipinski definition) is 1. The Kier molecular flexibility index (Phi) is 4.18. The Labute approximate surface area is 124 Å². The maximum atomic E-state index is 12.2. The van der Waals surface area contributed by atoms with Crippen LogP contribution in [0.2, 0.25) is 5.15 Å². The Morgan fingerprint density at radius 1 is 1.48 bits per heavy atom. The molecule has 0 saturated carbocycles. The van der Waals surface area contributed by atoms with Gasteiger partial charge in [-0.15, -0.1) is 0 Å². The highest BCUT2D eigenvalue weighted by molar-refractivity contribution is 6.29. The van der Waals surface area contributed by atoms with Gasteiger partial charge in [-0.2, -0.15) is 0 Å². The van der Waals surface area contributed by atoms with Gasteiger partial charge in [0.15, 0.2) is 0 Å². The molecule has 2 aromatic heterocycles. The standard InChI is InChI=1S/C12H12ClN5O3/c1-3-17-6-8(18(20)21)5-9(17)11(19)16-12-14-7(2)4-10(13)15-12/h4-6H,3H2,1-2H3,(H,14,15,16,19). The first kappa shape index (κ1) is 14.9. The Morgan fingerprint density at radius 2 is 2.19 bits per heavy atom. The normalized spacial score (nSPS) is 10.4. The van der Waals surface area contributed by atoms with E-state index in [0.29, 0.717) is 12.2 Å². The lowest BCUT2D eigenvalue weighted by Crippen LogP contribution is -2.18. The van der Waals surface area contributed by atoms with Crippen molar-refractivity contribution in [2.75, 3.05) is 5.32 Å². The lowest BCUT2D eigenvalue weighted by Gasteiger charge is -2.06. The molecule has 1 amide bonds. The van der Waals surface area contributed by atoms with Crippen LogP contribution in [0.4, 0.5) is 11.6 Å². The summed E-state index contributed by atoms with van der Waals surface area (Å²) in [4.78, 5) is 30.3. The highest BCUT2D eigenvalue weighted by atomic mass is 35.5. The number of rotatable bonds is 4. The maximum Gasteiger partial charge on any atom is 0.287 e. The van der Waals surface area contributed by atoms with Crippen LogP contribution in [-0.4, -0.2) is 25.4 Å². The summed E-state index contributed by atoms with van der Waals surface area (Å²) < 4.78 is 1.48. The molecule has 0 aliphatic carbocycles. The third kappa shape index (κ3) is 3.34. The summed E-state index contributed by atoms with van der Waals surface area (Å²) in [6, 6.07) is 2.76. The Balaban J connectivity index is 2.29. The van der Waals surface area contributed by atoms with Crippen LogP contribution in [0.25, 0.3) is 0 Å². The zero-order valence-corrected chi connectivity index (χ0v) is 12.1. The van der Waals surface area contributed by atoms with Gasteiger partial charge in [0.1, 0.15) is 10.8 Å². The minimum absolute atomic E-state index is 0.0523. The van der Waals surface area contributed by atoms with Crippen molar-refractivity contribution in [1.82, 2.24) is 14.5 Å². The molecule has 110 valence electrons. The van der Waals surface area contributed by atoms with Crippen LogP contribution in [0.3, 0.4) is 0 Å². The van der Waals surface area contributed by atoms with Crippen molar-refractivity contribution >= 4 is 29.1 Å². The van der Waals surface area contributed by atoms with E-state index in [0.717, 1.165) is 0 Å². The van der Waals surface area contributed by atoms with Crippen LogP contribution < -0.4 is 5.32 Å². The summed E-state index contributed by atoms with van der Waals surface area (Å²) in [7, 11) is 0. The first-order valence-corrected chi connectivity index (χ1v) is 6.45. The molecule has 0 radical (unpaired) electrons. The molecule has 0 spiro atoms. The molecule has 0 bridgehead atoms. The van der Waals surface area contributed by atoms with Crippen LogP contribution >= 0.6 is 11.6 Å². The number of anilines is 1. The van der Waals surface area contributed by atoms with Crippen LogP contribution in [0.1, 0.15) is 23.1 Å². The molecule has 2 rings (SSSR count). The second kappa shape index (κ2) is 5.88. The third-order valence-corrected chi connectivity index (χ3v) is 2.91. The van der Waals surface area contributed by atoms with Crippen LogP contribution in [0, 0.1) is 17.0 Å². The third-order valence-electron chi connectivity index (χ3n) is 2.71. The number of carbonyl (C=O) groups is 1. The maximum absolute atomic E-state index is 12.2. The molecule has 0 aromatic carbocycles. The van der Waals surface area contributed by atoms with E-state index < -0.39 is 10.8 Å². The van der Waals surface area contributed by atoms with Crippen molar-refractivity contribution in [3.8, 4) is 0 Å². The molecule has 9 heteroatoms. The number of nitrogens with one attached hydrogen (secondary N) is 1. The van der Waals surface area contributed by atoms with Crippen molar-refractivity contribution in [2.45, 2.75) is 20.4 Å². The van der Waals surface area contributed by atoms with Crippen molar-refractivity contribution in [2.24, 2.45) is 0 Å². The van der Waals surface area contributed by atoms with Gasteiger partial charge < -0.3 is 4.57 Å². The van der Waals surface area contributed by atoms with Gasteiger partial charge in [0.2, 0.25) is 5.95 Å². The van der Waals surface area contributed by atoms with Crippen molar-refractivity contribution in [1.29, 1.82) is 0 Å². The average molecular weight is 310 g/mol. The first-order valence-electron chi connectivity index (χ1n) is 6.07. The molecule has 0 saturated heterocycles. The molecule has 0 fully saturated rings. The van der Waals surface area contributed by atoms with E-state index in [9.17, 15) is 14.9 Å². The summed E-state index contributed by atoms with van der Waals surface area (Å²) in [5.41, 5.74) is 0.609. The number of nitrogens with zero attached hydrogens (tertiary/aromatic N) is 4. The lowest BCUT2D eigenvalue weighted by molar-refractivity contribution is -0.384. The molecule has 0 aliphatic rings. The Hall–Kier alpha value is -2.48. The van der Waals surface area contributed by atoms with Crippen molar-refractivity contribution < 1.29 is 9.72 Å². The highest BCUT2D eigenvalue weighted by Crippen LogP contribution is 2.18. The Bertz CT molecular complexity index is 693. The predicted octanol–water partition coefficient (Wildman–Crippen LogP) is 2.42. The van der Waals surface area contributed by atoms with E-state index in [-0.39, 0.29) is 22.5 Å². The van der Waals surface area contributed by atoms with Gasteiger partial charge in [-0.25, -0.2) is 9.97 Å². The summed E-state index contributed by atoms with van der Waals surface area (Å²) in [6.07, 6.45) is 1.30. The average Bonchev–Trinajstić information content (AvgIpc) is 2.81. The SMILES string of the molecule is CCn1cc([N+](=O)[O-])cc1C(=O)Nc1nc(C)cc(Cl)n1. The number of carbonyl (C=O) groups excluding carboxylic acids is 1. The number of aromatic nitrogens is 3. The summed E-state index contributed by atoms with van der Waals surface area (Å²) >= 11 is 5.79. The zero-order chi connectivity index (χ0) is 15.6. The molecular weight excluding hydrogens is 298 g/mol. The molecule has 1 N–H and O–H groups in total. The Morgan fingerprint density at radius 3 is 2.76 bits per heavy atom. The van der Waals surface area contributed by atoms with Crippen LogP contribution in [-0.2, 0) is 6.54 Å². The van der Waals surface area contributed by atoms with E-state index in [1.807, 2.05) is 0 Å². The van der Waals surface area contributed by atoms with Gasteiger partial charge in [-0.3, -0.25) is 20.2 Å². The molecule has 8 nitrogen and oxygen atoms in total. The molecule has 0 aliphatic heterocycles. The van der Waals surface area contributed by atoms with E-state index in [1.165, 1.54) is 16.8 Å². The zero-order valence-electron chi connectivity index (χ0n) is 11.3. The monoisotopic (exact) mass is 309 g/mol. The number of nitro groups is 1. The van der Waals surface area contributed by atoms with Crippen LogP contribution in [0.5, 0.6) is 0 Å². The fourth-order valence-electron chi connectivity index (χ4n) is 1.80. The lowest BCUT2D eigenvalue weighted by atomic mass is 10.4. The molecule has 21 heavy (non-hydrogen) atoms.